The zero-order chi connectivity index (χ0) is 10.8. The molecule has 0 bridgehead atoms. The molecule has 1 amide bonds. The van der Waals surface area contributed by atoms with Crippen LogP contribution in [0.5, 0.6) is 0 Å². The lowest BCUT2D eigenvalue weighted by Crippen LogP contribution is -2.57. The van der Waals surface area contributed by atoms with Gasteiger partial charge in [0.1, 0.15) is 4.60 Å². The minimum Gasteiger partial charge on any atom is -0.336 e. The molecular formula is C10H12BrN3O. The number of nitrogens with zero attached hydrogens (tertiary/aromatic N) is 2. The van der Waals surface area contributed by atoms with Crippen LogP contribution < -0.4 is 5.32 Å². The molecule has 1 fully saturated rings. The summed E-state index contributed by atoms with van der Waals surface area (Å²) in [5.41, 5.74) is 0.632. The molecule has 0 saturated carbocycles. The predicted octanol–water partition coefficient (Wildman–Crippen LogP) is 0.888. The van der Waals surface area contributed by atoms with Gasteiger partial charge >= 0.3 is 0 Å². The minimum atomic E-state index is 0.0292. The van der Waals surface area contributed by atoms with Crippen LogP contribution in [0, 0.1) is 0 Å². The van der Waals surface area contributed by atoms with Crippen LogP contribution >= 0.6 is 15.9 Å². The molecule has 4 nitrogen and oxygen atoms in total. The molecule has 2 heterocycles. The summed E-state index contributed by atoms with van der Waals surface area (Å²) in [7, 11) is 1.83. The standard InChI is InChI=1S/C10H12BrN3O/c1-14(8-5-12-6-8)10(15)7-2-3-9(11)13-4-7/h2-4,8,12H,5-6H2,1H3. The van der Waals surface area contributed by atoms with Gasteiger partial charge in [-0.3, -0.25) is 4.79 Å². The summed E-state index contributed by atoms with van der Waals surface area (Å²) < 4.78 is 0.743. The van der Waals surface area contributed by atoms with Crippen LogP contribution in [0.2, 0.25) is 0 Å². The number of rotatable bonds is 2. The van der Waals surface area contributed by atoms with Crippen LogP contribution in [0.4, 0.5) is 0 Å². The smallest absolute Gasteiger partial charge is 0.255 e. The van der Waals surface area contributed by atoms with Crippen molar-refractivity contribution in [2.45, 2.75) is 6.04 Å². The Hall–Kier alpha value is -0.940. The van der Waals surface area contributed by atoms with Crippen LogP contribution in [-0.4, -0.2) is 42.0 Å². The van der Waals surface area contributed by atoms with Crippen LogP contribution in [0.3, 0.4) is 0 Å². The van der Waals surface area contributed by atoms with Gasteiger partial charge in [-0.25, -0.2) is 4.98 Å². The molecule has 1 aliphatic heterocycles. The molecule has 0 radical (unpaired) electrons. The maximum atomic E-state index is 11.9. The number of aromatic nitrogens is 1. The average Bonchev–Trinajstić information content (AvgIpc) is 2.15. The van der Waals surface area contributed by atoms with E-state index in [1.54, 1.807) is 23.2 Å². The van der Waals surface area contributed by atoms with Crippen LogP contribution in [-0.2, 0) is 0 Å². The highest BCUT2D eigenvalue weighted by atomic mass is 79.9. The van der Waals surface area contributed by atoms with Crippen LogP contribution in [0.25, 0.3) is 0 Å². The van der Waals surface area contributed by atoms with E-state index >= 15 is 0 Å². The summed E-state index contributed by atoms with van der Waals surface area (Å²) in [4.78, 5) is 17.7. The highest BCUT2D eigenvalue weighted by Crippen LogP contribution is 2.11. The fourth-order valence-electron chi connectivity index (χ4n) is 1.42. The van der Waals surface area contributed by atoms with E-state index in [0.717, 1.165) is 17.7 Å². The first-order chi connectivity index (χ1) is 7.18. The zero-order valence-corrected chi connectivity index (χ0v) is 9.99. The second-order valence-corrected chi connectivity index (χ2v) is 4.41. The Kier molecular flexibility index (Phi) is 3.02. The van der Waals surface area contributed by atoms with E-state index in [4.69, 9.17) is 0 Å². The van der Waals surface area contributed by atoms with Gasteiger partial charge in [-0.2, -0.15) is 0 Å². The molecule has 15 heavy (non-hydrogen) atoms. The number of nitrogens with one attached hydrogen (secondary N) is 1. The Labute approximate surface area is 96.8 Å². The summed E-state index contributed by atoms with van der Waals surface area (Å²) in [6.07, 6.45) is 1.59. The summed E-state index contributed by atoms with van der Waals surface area (Å²) >= 11 is 3.24. The molecule has 0 unspecified atom stereocenters. The van der Waals surface area contributed by atoms with E-state index in [9.17, 15) is 4.79 Å². The van der Waals surface area contributed by atoms with Crippen LogP contribution in [0.1, 0.15) is 10.4 Å². The third-order valence-electron chi connectivity index (χ3n) is 2.60. The number of amides is 1. The molecule has 80 valence electrons. The molecule has 0 aromatic carbocycles. The van der Waals surface area contributed by atoms with Crippen molar-refractivity contribution >= 4 is 21.8 Å². The second-order valence-electron chi connectivity index (χ2n) is 3.60. The number of likely N-dealkylation sites (N-methyl/N-ethyl adjacent to an activating group) is 1. The second kappa shape index (κ2) is 4.28. The van der Waals surface area contributed by atoms with E-state index in [1.807, 2.05) is 7.05 Å². The number of hydrogen-bond acceptors (Lipinski definition) is 3. The molecular weight excluding hydrogens is 258 g/mol. The molecule has 1 aromatic rings. The van der Waals surface area contributed by atoms with Crippen molar-refractivity contribution in [1.82, 2.24) is 15.2 Å². The molecule has 5 heteroatoms. The van der Waals surface area contributed by atoms with Crippen molar-refractivity contribution in [1.29, 1.82) is 0 Å². The largest absolute Gasteiger partial charge is 0.336 e. The third kappa shape index (κ3) is 2.18. The molecule has 1 saturated heterocycles. The van der Waals surface area contributed by atoms with E-state index in [2.05, 4.69) is 26.2 Å². The Bertz CT molecular complexity index is 361. The average molecular weight is 270 g/mol. The third-order valence-corrected chi connectivity index (χ3v) is 3.07. The zero-order valence-electron chi connectivity index (χ0n) is 8.40. The Morgan fingerprint density at radius 3 is 2.80 bits per heavy atom. The lowest BCUT2D eigenvalue weighted by molar-refractivity contribution is 0.0681. The summed E-state index contributed by atoms with van der Waals surface area (Å²) in [6.45, 7) is 1.76. The lowest BCUT2D eigenvalue weighted by Gasteiger charge is -2.35. The maximum absolute atomic E-state index is 11.9. The predicted molar refractivity (Wildman–Crippen MR) is 60.7 cm³/mol. The molecule has 1 N–H and O–H groups in total. The normalized spacial score (nSPS) is 15.9. The summed E-state index contributed by atoms with van der Waals surface area (Å²) in [6, 6.07) is 3.88. The maximum Gasteiger partial charge on any atom is 0.255 e. The lowest BCUT2D eigenvalue weighted by atomic mass is 10.1. The van der Waals surface area contributed by atoms with Crippen molar-refractivity contribution < 1.29 is 4.79 Å². The molecule has 0 aliphatic carbocycles. The van der Waals surface area contributed by atoms with Crippen molar-refractivity contribution in [2.24, 2.45) is 0 Å². The number of hydrogen-bond donors (Lipinski definition) is 1. The fraction of sp³-hybridized carbons (Fsp3) is 0.400. The van der Waals surface area contributed by atoms with Crippen LogP contribution in [0.15, 0.2) is 22.9 Å². The van der Waals surface area contributed by atoms with Gasteiger partial charge in [0.2, 0.25) is 0 Å². The van der Waals surface area contributed by atoms with Crippen molar-refractivity contribution in [2.75, 3.05) is 20.1 Å². The fourth-order valence-corrected chi connectivity index (χ4v) is 1.65. The number of carbonyl (C=O) groups is 1. The van der Waals surface area contributed by atoms with Crippen molar-refractivity contribution in [3.63, 3.8) is 0 Å². The molecule has 1 aromatic heterocycles. The number of halogens is 1. The Morgan fingerprint density at radius 1 is 1.60 bits per heavy atom. The van der Waals surface area contributed by atoms with Gasteiger partial charge in [0.25, 0.3) is 5.91 Å². The first-order valence-corrected chi connectivity index (χ1v) is 5.57. The highest BCUT2D eigenvalue weighted by molar-refractivity contribution is 9.10. The van der Waals surface area contributed by atoms with Gasteiger partial charge in [-0.05, 0) is 28.1 Å². The first kappa shape index (κ1) is 10.6. The molecule has 0 atom stereocenters. The van der Waals surface area contributed by atoms with E-state index in [0.29, 0.717) is 11.6 Å². The van der Waals surface area contributed by atoms with Gasteiger partial charge in [0.05, 0.1) is 11.6 Å². The molecule has 0 spiro atoms. The van der Waals surface area contributed by atoms with Gasteiger partial charge in [-0.15, -0.1) is 0 Å². The van der Waals surface area contributed by atoms with Gasteiger partial charge in [-0.1, -0.05) is 0 Å². The molecule has 2 rings (SSSR count). The quantitative estimate of drug-likeness (QED) is 0.812. The monoisotopic (exact) mass is 269 g/mol. The topological polar surface area (TPSA) is 45.2 Å². The SMILES string of the molecule is CN(C(=O)c1ccc(Br)nc1)C1CNC1. The Balaban J connectivity index is 2.09. The molecule has 1 aliphatic rings. The van der Waals surface area contributed by atoms with Gasteiger partial charge in [0, 0.05) is 26.3 Å². The van der Waals surface area contributed by atoms with E-state index < -0.39 is 0 Å². The summed E-state index contributed by atoms with van der Waals surface area (Å²) in [5, 5.41) is 3.14. The van der Waals surface area contributed by atoms with Crippen molar-refractivity contribution in [3.05, 3.63) is 28.5 Å². The minimum absolute atomic E-state index is 0.0292. The first-order valence-electron chi connectivity index (χ1n) is 4.78. The van der Waals surface area contributed by atoms with Crippen molar-refractivity contribution in [3.8, 4) is 0 Å². The Morgan fingerprint density at radius 2 is 2.33 bits per heavy atom. The summed E-state index contributed by atoms with van der Waals surface area (Å²) in [5.74, 6) is 0.0292. The van der Waals surface area contributed by atoms with Gasteiger partial charge in [0.15, 0.2) is 0 Å². The number of carbonyl (C=O) groups excluding carboxylic acids is 1. The number of pyridine rings is 1. The van der Waals surface area contributed by atoms with E-state index in [-0.39, 0.29) is 5.91 Å². The van der Waals surface area contributed by atoms with E-state index in [1.165, 1.54) is 0 Å². The van der Waals surface area contributed by atoms with Gasteiger partial charge < -0.3 is 10.2 Å². The highest BCUT2D eigenvalue weighted by Gasteiger charge is 2.25.